The van der Waals surface area contributed by atoms with Crippen LogP contribution in [0, 0.1) is 11.8 Å². The van der Waals surface area contributed by atoms with Gasteiger partial charge in [-0.2, -0.15) is 0 Å². The fourth-order valence-electron chi connectivity index (χ4n) is 2.25. The summed E-state index contributed by atoms with van der Waals surface area (Å²) in [5.41, 5.74) is 8.11. The summed E-state index contributed by atoms with van der Waals surface area (Å²) in [5.74, 6) is 0.878. The highest BCUT2D eigenvalue weighted by Gasteiger charge is 2.19. The standard InChI is InChI=1S/C17H28N2O.ClH/c1-11(2)10-14-6-8-15(9-7-14)16(12(3)4)19-17(20)13(5)18;/h6-9,11-13,16H,10,18H2,1-5H3,(H,19,20);1H/t13-,16?;/m1./s1. The zero-order valence-corrected chi connectivity index (χ0v) is 14.5. The number of nitrogens with two attached hydrogens (primary N) is 1. The van der Waals surface area contributed by atoms with Gasteiger partial charge in [-0.15, -0.1) is 12.4 Å². The summed E-state index contributed by atoms with van der Waals surface area (Å²) in [4.78, 5) is 11.8. The van der Waals surface area contributed by atoms with Gasteiger partial charge in [-0.05, 0) is 36.3 Å². The molecular formula is C17H29ClN2O. The van der Waals surface area contributed by atoms with Crippen molar-refractivity contribution in [2.24, 2.45) is 17.6 Å². The molecule has 3 nitrogen and oxygen atoms in total. The van der Waals surface area contributed by atoms with Crippen LogP contribution >= 0.6 is 12.4 Å². The number of benzene rings is 1. The number of hydrogen-bond acceptors (Lipinski definition) is 2. The molecule has 3 N–H and O–H groups in total. The minimum Gasteiger partial charge on any atom is -0.348 e. The summed E-state index contributed by atoms with van der Waals surface area (Å²) in [7, 11) is 0. The van der Waals surface area contributed by atoms with Gasteiger partial charge in [0.05, 0.1) is 12.1 Å². The summed E-state index contributed by atoms with van der Waals surface area (Å²) >= 11 is 0. The van der Waals surface area contributed by atoms with E-state index in [9.17, 15) is 4.79 Å². The average molecular weight is 313 g/mol. The molecular weight excluding hydrogens is 284 g/mol. The van der Waals surface area contributed by atoms with Crippen LogP contribution in [0.15, 0.2) is 24.3 Å². The lowest BCUT2D eigenvalue weighted by molar-refractivity contribution is -0.123. The SMILES string of the molecule is CC(C)Cc1ccc(C(NC(=O)[C@@H](C)N)C(C)C)cc1.Cl. The van der Waals surface area contributed by atoms with E-state index in [1.54, 1.807) is 6.92 Å². The molecule has 0 radical (unpaired) electrons. The molecule has 1 aromatic rings. The van der Waals surface area contributed by atoms with E-state index in [1.807, 2.05) is 0 Å². The molecule has 0 bridgehead atoms. The molecule has 0 aliphatic carbocycles. The lowest BCUT2D eigenvalue weighted by atomic mass is 9.93. The monoisotopic (exact) mass is 312 g/mol. The third-order valence-electron chi connectivity index (χ3n) is 3.36. The van der Waals surface area contributed by atoms with Crippen molar-refractivity contribution >= 4 is 18.3 Å². The van der Waals surface area contributed by atoms with Gasteiger partial charge in [0, 0.05) is 0 Å². The van der Waals surface area contributed by atoms with Crippen molar-refractivity contribution in [3.63, 3.8) is 0 Å². The van der Waals surface area contributed by atoms with Crippen LogP contribution in [0.1, 0.15) is 51.8 Å². The van der Waals surface area contributed by atoms with Crippen LogP contribution in [0.25, 0.3) is 0 Å². The number of carbonyl (C=O) groups is 1. The minimum absolute atomic E-state index is 0. The van der Waals surface area contributed by atoms with Crippen molar-refractivity contribution in [1.82, 2.24) is 5.32 Å². The first kappa shape index (κ1) is 19.9. The molecule has 0 heterocycles. The maximum absolute atomic E-state index is 11.8. The molecule has 0 saturated carbocycles. The second kappa shape index (κ2) is 9.06. The third kappa shape index (κ3) is 6.49. The third-order valence-corrected chi connectivity index (χ3v) is 3.36. The first-order chi connectivity index (χ1) is 9.31. The largest absolute Gasteiger partial charge is 0.348 e. The van der Waals surface area contributed by atoms with Crippen LogP contribution in [-0.4, -0.2) is 11.9 Å². The van der Waals surface area contributed by atoms with Crippen LogP contribution in [-0.2, 0) is 11.2 Å². The quantitative estimate of drug-likeness (QED) is 0.845. The van der Waals surface area contributed by atoms with Crippen molar-refractivity contribution in [2.45, 2.75) is 53.1 Å². The smallest absolute Gasteiger partial charge is 0.237 e. The predicted molar refractivity (Wildman–Crippen MR) is 91.6 cm³/mol. The molecule has 1 unspecified atom stereocenters. The Morgan fingerprint density at radius 2 is 1.62 bits per heavy atom. The van der Waals surface area contributed by atoms with Gasteiger partial charge in [-0.3, -0.25) is 4.79 Å². The van der Waals surface area contributed by atoms with Crippen LogP contribution in [0.2, 0.25) is 0 Å². The Kier molecular flexibility index (Phi) is 8.60. The van der Waals surface area contributed by atoms with Gasteiger partial charge in [0.1, 0.15) is 0 Å². The lowest BCUT2D eigenvalue weighted by Crippen LogP contribution is -2.41. The van der Waals surface area contributed by atoms with Crippen molar-refractivity contribution in [1.29, 1.82) is 0 Å². The van der Waals surface area contributed by atoms with E-state index in [-0.39, 0.29) is 24.4 Å². The molecule has 0 spiro atoms. The molecule has 0 aromatic heterocycles. The Balaban J connectivity index is 0.00000400. The van der Waals surface area contributed by atoms with Crippen LogP contribution in [0.3, 0.4) is 0 Å². The fourth-order valence-corrected chi connectivity index (χ4v) is 2.25. The topological polar surface area (TPSA) is 55.1 Å². The van der Waals surface area contributed by atoms with E-state index in [4.69, 9.17) is 5.73 Å². The number of hydrogen-bond donors (Lipinski definition) is 2. The number of nitrogens with one attached hydrogen (secondary N) is 1. The molecule has 4 heteroatoms. The van der Waals surface area contributed by atoms with Crippen molar-refractivity contribution in [3.05, 3.63) is 35.4 Å². The van der Waals surface area contributed by atoms with E-state index < -0.39 is 6.04 Å². The van der Waals surface area contributed by atoms with Gasteiger partial charge < -0.3 is 11.1 Å². The normalized spacial score (nSPS) is 13.7. The highest BCUT2D eigenvalue weighted by atomic mass is 35.5. The number of carbonyl (C=O) groups excluding carboxylic acids is 1. The first-order valence-corrected chi connectivity index (χ1v) is 7.46. The summed E-state index contributed by atoms with van der Waals surface area (Å²) in [6.45, 7) is 10.3. The number of amides is 1. The van der Waals surface area contributed by atoms with Gasteiger partial charge >= 0.3 is 0 Å². The Bertz CT molecular complexity index is 427. The predicted octanol–water partition coefficient (Wildman–Crippen LogP) is 3.47. The van der Waals surface area contributed by atoms with E-state index >= 15 is 0 Å². The second-order valence-electron chi connectivity index (χ2n) is 6.36. The Morgan fingerprint density at radius 3 is 2.00 bits per heavy atom. The van der Waals surface area contributed by atoms with Crippen LogP contribution in [0.5, 0.6) is 0 Å². The minimum atomic E-state index is -0.475. The second-order valence-corrected chi connectivity index (χ2v) is 6.36. The molecule has 0 saturated heterocycles. The Morgan fingerprint density at radius 1 is 1.10 bits per heavy atom. The van der Waals surface area contributed by atoms with Gasteiger partial charge in [-0.1, -0.05) is 52.0 Å². The molecule has 21 heavy (non-hydrogen) atoms. The van der Waals surface area contributed by atoms with Crippen LogP contribution < -0.4 is 11.1 Å². The molecule has 0 aliphatic rings. The lowest BCUT2D eigenvalue weighted by Gasteiger charge is -2.24. The van der Waals surface area contributed by atoms with E-state index in [0.717, 1.165) is 12.0 Å². The Labute approximate surface area is 135 Å². The highest BCUT2D eigenvalue weighted by Crippen LogP contribution is 2.22. The zero-order valence-electron chi connectivity index (χ0n) is 13.7. The Hall–Kier alpha value is -1.06. The maximum Gasteiger partial charge on any atom is 0.237 e. The van der Waals surface area contributed by atoms with Crippen LogP contribution in [0.4, 0.5) is 0 Å². The first-order valence-electron chi connectivity index (χ1n) is 7.46. The fraction of sp³-hybridized carbons (Fsp3) is 0.588. The average Bonchev–Trinajstić information content (AvgIpc) is 2.35. The molecule has 1 rings (SSSR count). The molecule has 0 aliphatic heterocycles. The summed E-state index contributed by atoms with van der Waals surface area (Å²) < 4.78 is 0. The van der Waals surface area contributed by atoms with Gasteiger partial charge in [-0.25, -0.2) is 0 Å². The molecule has 1 aromatic carbocycles. The van der Waals surface area contributed by atoms with Gasteiger partial charge in [0.2, 0.25) is 5.91 Å². The maximum atomic E-state index is 11.8. The summed E-state index contributed by atoms with van der Waals surface area (Å²) in [5, 5.41) is 3.03. The zero-order chi connectivity index (χ0) is 15.3. The van der Waals surface area contributed by atoms with E-state index in [0.29, 0.717) is 11.8 Å². The van der Waals surface area contributed by atoms with E-state index in [1.165, 1.54) is 5.56 Å². The van der Waals surface area contributed by atoms with E-state index in [2.05, 4.69) is 57.3 Å². The highest BCUT2D eigenvalue weighted by molar-refractivity contribution is 5.85. The van der Waals surface area contributed by atoms with Gasteiger partial charge in [0.25, 0.3) is 0 Å². The molecule has 0 fully saturated rings. The number of halogens is 1. The summed E-state index contributed by atoms with van der Waals surface area (Å²) in [6, 6.07) is 8.08. The van der Waals surface area contributed by atoms with Crippen molar-refractivity contribution in [2.75, 3.05) is 0 Å². The van der Waals surface area contributed by atoms with Crippen molar-refractivity contribution < 1.29 is 4.79 Å². The summed E-state index contributed by atoms with van der Waals surface area (Å²) in [6.07, 6.45) is 1.08. The molecule has 2 atom stereocenters. The van der Waals surface area contributed by atoms with Crippen molar-refractivity contribution in [3.8, 4) is 0 Å². The molecule has 120 valence electrons. The number of rotatable bonds is 6. The van der Waals surface area contributed by atoms with Gasteiger partial charge in [0.15, 0.2) is 0 Å². The molecule has 1 amide bonds.